The summed E-state index contributed by atoms with van der Waals surface area (Å²) >= 11 is 0. The van der Waals surface area contributed by atoms with Crippen LogP contribution < -0.4 is 5.73 Å². The lowest BCUT2D eigenvalue weighted by molar-refractivity contribution is -0.137. The van der Waals surface area contributed by atoms with Gasteiger partial charge >= 0.3 is 6.18 Å². The second-order valence-electron chi connectivity index (χ2n) is 5.09. The molecule has 5 nitrogen and oxygen atoms in total. The van der Waals surface area contributed by atoms with Gasteiger partial charge < -0.3 is 10.6 Å². The lowest BCUT2D eigenvalue weighted by Crippen LogP contribution is -2.48. The molecule has 0 aromatic heterocycles. The van der Waals surface area contributed by atoms with E-state index in [0.717, 1.165) is 18.7 Å². The second-order valence-corrected chi connectivity index (χ2v) is 7.02. The van der Waals surface area contributed by atoms with Crippen molar-refractivity contribution in [2.24, 2.45) is 0 Å². The first-order valence-electron chi connectivity index (χ1n) is 6.85. The fraction of sp³-hybridized carbons (Fsp3) is 0.538. The van der Waals surface area contributed by atoms with E-state index < -0.39 is 27.5 Å². The topological polar surface area (TPSA) is 66.6 Å². The Hall–Kier alpha value is -1.32. The molecular formula is C13H18F3N3O2S. The van der Waals surface area contributed by atoms with Crippen molar-refractivity contribution < 1.29 is 21.6 Å². The van der Waals surface area contributed by atoms with Gasteiger partial charge in [0.2, 0.25) is 10.0 Å². The molecule has 1 heterocycles. The van der Waals surface area contributed by atoms with Crippen molar-refractivity contribution in [1.82, 2.24) is 9.21 Å². The van der Waals surface area contributed by atoms with Crippen LogP contribution in [0.1, 0.15) is 12.5 Å². The SMILES string of the molecule is CCN1CCN(S(=O)(=O)c2ccc(N)c(C(F)(F)F)c2)CC1. The largest absolute Gasteiger partial charge is 0.418 e. The highest BCUT2D eigenvalue weighted by molar-refractivity contribution is 7.89. The first kappa shape index (κ1) is 17.0. The average molecular weight is 337 g/mol. The molecule has 0 atom stereocenters. The minimum atomic E-state index is -4.68. The first-order valence-corrected chi connectivity index (χ1v) is 8.29. The normalized spacial score (nSPS) is 18.5. The van der Waals surface area contributed by atoms with Gasteiger partial charge in [0.05, 0.1) is 10.5 Å². The third-order valence-electron chi connectivity index (χ3n) is 3.75. The van der Waals surface area contributed by atoms with E-state index >= 15 is 0 Å². The third-order valence-corrected chi connectivity index (χ3v) is 5.64. The van der Waals surface area contributed by atoms with Crippen molar-refractivity contribution in [3.8, 4) is 0 Å². The van der Waals surface area contributed by atoms with E-state index in [0.29, 0.717) is 19.2 Å². The van der Waals surface area contributed by atoms with Crippen LogP contribution in [-0.2, 0) is 16.2 Å². The summed E-state index contributed by atoms with van der Waals surface area (Å²) in [5, 5.41) is 0. The number of piperazine rings is 1. The fourth-order valence-corrected chi connectivity index (χ4v) is 3.83. The highest BCUT2D eigenvalue weighted by Gasteiger charge is 2.35. The number of sulfonamides is 1. The summed E-state index contributed by atoms with van der Waals surface area (Å²) in [5.41, 5.74) is 3.69. The first-order chi connectivity index (χ1) is 10.2. The molecule has 22 heavy (non-hydrogen) atoms. The zero-order chi connectivity index (χ0) is 16.5. The van der Waals surface area contributed by atoms with Crippen molar-refractivity contribution in [3.63, 3.8) is 0 Å². The average Bonchev–Trinajstić information content (AvgIpc) is 2.46. The van der Waals surface area contributed by atoms with Crippen molar-refractivity contribution in [2.75, 3.05) is 38.5 Å². The minimum absolute atomic E-state index is 0.266. The maximum absolute atomic E-state index is 12.9. The van der Waals surface area contributed by atoms with Crippen LogP contribution in [0, 0.1) is 0 Å². The number of alkyl halides is 3. The molecule has 0 unspecified atom stereocenters. The third kappa shape index (κ3) is 3.36. The zero-order valence-electron chi connectivity index (χ0n) is 12.1. The summed E-state index contributed by atoms with van der Waals surface area (Å²) in [6.07, 6.45) is -4.68. The molecule has 1 aliphatic heterocycles. The number of anilines is 1. The van der Waals surface area contributed by atoms with Gasteiger partial charge in [-0.3, -0.25) is 0 Å². The molecule has 2 N–H and O–H groups in total. The quantitative estimate of drug-likeness (QED) is 0.851. The molecule has 2 rings (SSSR count). The van der Waals surface area contributed by atoms with Crippen LogP contribution >= 0.6 is 0 Å². The van der Waals surface area contributed by atoms with Gasteiger partial charge in [-0.2, -0.15) is 17.5 Å². The van der Waals surface area contributed by atoms with Crippen LogP contribution in [0.15, 0.2) is 23.1 Å². The lowest BCUT2D eigenvalue weighted by atomic mass is 10.2. The van der Waals surface area contributed by atoms with Crippen LogP contribution in [0.5, 0.6) is 0 Å². The molecule has 9 heteroatoms. The van der Waals surface area contributed by atoms with Gasteiger partial charge in [-0.1, -0.05) is 6.92 Å². The smallest absolute Gasteiger partial charge is 0.398 e. The Labute approximate surface area is 127 Å². The Balaban J connectivity index is 2.31. The Morgan fingerprint density at radius 2 is 1.77 bits per heavy atom. The number of hydrogen-bond donors (Lipinski definition) is 1. The summed E-state index contributed by atoms with van der Waals surface area (Å²) in [7, 11) is -3.94. The Morgan fingerprint density at radius 1 is 1.18 bits per heavy atom. The highest BCUT2D eigenvalue weighted by Crippen LogP contribution is 2.35. The number of hydrogen-bond acceptors (Lipinski definition) is 4. The molecular weight excluding hydrogens is 319 g/mol. The molecule has 0 spiro atoms. The Morgan fingerprint density at radius 3 is 2.27 bits per heavy atom. The maximum Gasteiger partial charge on any atom is 0.418 e. The molecule has 0 radical (unpaired) electrons. The number of nitrogen functional groups attached to an aromatic ring is 1. The fourth-order valence-electron chi connectivity index (χ4n) is 2.38. The summed E-state index contributed by atoms with van der Waals surface area (Å²) in [4.78, 5) is 1.70. The predicted octanol–water partition coefficient (Wildman–Crippen LogP) is 1.61. The molecule has 1 aliphatic rings. The van der Waals surface area contributed by atoms with E-state index in [4.69, 9.17) is 5.73 Å². The van der Waals surface area contributed by atoms with Gasteiger partial charge in [-0.05, 0) is 24.7 Å². The molecule has 0 saturated carbocycles. The predicted molar refractivity (Wildman–Crippen MR) is 76.7 cm³/mol. The number of benzene rings is 1. The number of likely N-dealkylation sites (N-methyl/N-ethyl adjacent to an activating group) is 1. The van der Waals surface area contributed by atoms with Gasteiger partial charge in [0.15, 0.2) is 0 Å². The van der Waals surface area contributed by atoms with E-state index in [1.165, 1.54) is 4.31 Å². The van der Waals surface area contributed by atoms with Crippen molar-refractivity contribution in [2.45, 2.75) is 18.0 Å². The van der Waals surface area contributed by atoms with Crippen molar-refractivity contribution in [1.29, 1.82) is 0 Å². The monoisotopic (exact) mass is 337 g/mol. The van der Waals surface area contributed by atoms with Crippen molar-refractivity contribution >= 4 is 15.7 Å². The van der Waals surface area contributed by atoms with Crippen LogP contribution in [-0.4, -0.2) is 50.3 Å². The molecule has 0 amide bonds. The molecule has 0 aliphatic carbocycles. The molecule has 124 valence electrons. The van der Waals surface area contributed by atoms with Gasteiger partial charge in [0.1, 0.15) is 0 Å². The number of nitrogens with two attached hydrogens (primary N) is 1. The zero-order valence-corrected chi connectivity index (χ0v) is 12.9. The van der Waals surface area contributed by atoms with Gasteiger partial charge in [0, 0.05) is 31.9 Å². The van der Waals surface area contributed by atoms with Gasteiger partial charge in [-0.25, -0.2) is 8.42 Å². The summed E-state index contributed by atoms with van der Waals surface area (Å²) in [6, 6.07) is 2.71. The molecule has 1 aromatic rings. The lowest BCUT2D eigenvalue weighted by Gasteiger charge is -2.33. The Bertz CT molecular complexity index is 638. The standard InChI is InChI=1S/C13H18F3N3O2S/c1-2-18-5-7-19(8-6-18)22(20,21)10-3-4-12(17)11(9-10)13(14,15)16/h3-4,9H,2,5-8,17H2,1H3. The number of halogens is 3. The maximum atomic E-state index is 12.9. The van der Waals surface area contributed by atoms with E-state index in [9.17, 15) is 21.6 Å². The van der Waals surface area contributed by atoms with E-state index in [1.807, 2.05) is 6.92 Å². The van der Waals surface area contributed by atoms with E-state index in [-0.39, 0.29) is 18.0 Å². The van der Waals surface area contributed by atoms with E-state index in [1.54, 1.807) is 0 Å². The molecule has 1 aromatic carbocycles. The highest BCUT2D eigenvalue weighted by atomic mass is 32.2. The minimum Gasteiger partial charge on any atom is -0.398 e. The molecule has 1 saturated heterocycles. The number of rotatable bonds is 3. The number of nitrogens with zero attached hydrogens (tertiary/aromatic N) is 2. The molecule has 1 fully saturated rings. The van der Waals surface area contributed by atoms with Crippen LogP contribution in [0.3, 0.4) is 0 Å². The van der Waals surface area contributed by atoms with E-state index in [2.05, 4.69) is 4.90 Å². The Kier molecular flexibility index (Phi) is 4.69. The van der Waals surface area contributed by atoms with Crippen LogP contribution in [0.2, 0.25) is 0 Å². The summed E-state index contributed by atoms with van der Waals surface area (Å²) in [6.45, 7) is 4.45. The van der Waals surface area contributed by atoms with Gasteiger partial charge in [0.25, 0.3) is 0 Å². The van der Waals surface area contributed by atoms with Crippen LogP contribution in [0.4, 0.5) is 18.9 Å². The van der Waals surface area contributed by atoms with Crippen LogP contribution in [0.25, 0.3) is 0 Å². The van der Waals surface area contributed by atoms with Crippen molar-refractivity contribution in [3.05, 3.63) is 23.8 Å². The summed E-state index contributed by atoms with van der Waals surface area (Å²) in [5.74, 6) is 0. The van der Waals surface area contributed by atoms with Gasteiger partial charge in [-0.15, -0.1) is 0 Å². The second kappa shape index (κ2) is 6.05. The molecule has 0 bridgehead atoms. The summed E-state index contributed by atoms with van der Waals surface area (Å²) < 4.78 is 64.7.